The van der Waals surface area contributed by atoms with Gasteiger partial charge in [-0.05, 0) is 44.0 Å². The van der Waals surface area contributed by atoms with E-state index in [0.29, 0.717) is 23.8 Å². The van der Waals surface area contributed by atoms with Crippen molar-refractivity contribution < 1.29 is 9.32 Å². The molecule has 0 bridgehead atoms. The summed E-state index contributed by atoms with van der Waals surface area (Å²) < 4.78 is 5.32. The Balaban J connectivity index is 1.54. The summed E-state index contributed by atoms with van der Waals surface area (Å²) in [4.78, 5) is 24.9. The molecule has 1 atom stereocenters. The minimum atomic E-state index is 0.00229. The van der Waals surface area contributed by atoms with Crippen LogP contribution in [0.15, 0.2) is 63.1 Å². The standard InChI is InChI=1S/C20H20N4O2S/c1-14-22-18(26-23-14)15-7-6-12-24(13-15)20(25)17-10-5-11-21-19(17)27-16-8-3-2-4-9-16/h2-5,8-11,15H,6-7,12-13H2,1H3. The molecule has 138 valence electrons. The SMILES string of the molecule is Cc1noc(C2CCCN(C(=O)c3cccnc3Sc3ccccc3)C2)n1. The molecule has 3 aromatic rings. The Morgan fingerprint density at radius 2 is 2.07 bits per heavy atom. The largest absolute Gasteiger partial charge is 0.339 e. The van der Waals surface area contributed by atoms with Gasteiger partial charge in [-0.15, -0.1) is 0 Å². The number of hydrogen-bond donors (Lipinski definition) is 0. The molecule has 1 fully saturated rings. The molecule has 1 saturated heterocycles. The third kappa shape index (κ3) is 4.03. The highest BCUT2D eigenvalue weighted by molar-refractivity contribution is 7.99. The second-order valence-electron chi connectivity index (χ2n) is 6.54. The first kappa shape index (κ1) is 17.7. The van der Waals surface area contributed by atoms with E-state index in [1.165, 1.54) is 11.8 Å². The molecule has 1 aliphatic heterocycles. The van der Waals surface area contributed by atoms with Crippen molar-refractivity contribution in [3.63, 3.8) is 0 Å². The molecule has 7 heteroatoms. The predicted molar refractivity (Wildman–Crippen MR) is 102 cm³/mol. The lowest BCUT2D eigenvalue weighted by Gasteiger charge is -2.31. The molecular weight excluding hydrogens is 360 g/mol. The molecule has 1 aromatic carbocycles. The summed E-state index contributed by atoms with van der Waals surface area (Å²) in [7, 11) is 0. The molecule has 0 saturated carbocycles. The van der Waals surface area contributed by atoms with Gasteiger partial charge >= 0.3 is 0 Å². The molecule has 6 nitrogen and oxygen atoms in total. The van der Waals surface area contributed by atoms with Gasteiger partial charge in [-0.25, -0.2) is 4.98 Å². The minimum Gasteiger partial charge on any atom is -0.339 e. The van der Waals surface area contributed by atoms with E-state index in [2.05, 4.69) is 15.1 Å². The van der Waals surface area contributed by atoms with Crippen molar-refractivity contribution >= 4 is 17.7 Å². The number of carbonyl (C=O) groups excluding carboxylic acids is 1. The summed E-state index contributed by atoms with van der Waals surface area (Å²) in [5, 5.41) is 4.60. The zero-order chi connectivity index (χ0) is 18.6. The van der Waals surface area contributed by atoms with Gasteiger partial charge in [0.05, 0.1) is 11.5 Å². The Bertz CT molecular complexity index is 928. The average Bonchev–Trinajstić information content (AvgIpc) is 3.15. The molecule has 27 heavy (non-hydrogen) atoms. The monoisotopic (exact) mass is 380 g/mol. The fourth-order valence-electron chi connectivity index (χ4n) is 3.25. The number of aromatic nitrogens is 3. The van der Waals surface area contributed by atoms with Gasteiger partial charge in [0.1, 0.15) is 5.03 Å². The summed E-state index contributed by atoms with van der Waals surface area (Å²) >= 11 is 1.51. The average molecular weight is 380 g/mol. The molecule has 0 aliphatic carbocycles. The summed E-state index contributed by atoms with van der Waals surface area (Å²) in [5.41, 5.74) is 0.633. The molecule has 0 N–H and O–H groups in total. The van der Waals surface area contributed by atoms with Crippen LogP contribution in [-0.4, -0.2) is 39.0 Å². The first-order chi connectivity index (χ1) is 13.2. The van der Waals surface area contributed by atoms with E-state index in [-0.39, 0.29) is 11.8 Å². The van der Waals surface area contributed by atoms with Gasteiger partial charge in [-0.1, -0.05) is 35.1 Å². The van der Waals surface area contributed by atoms with E-state index in [1.54, 1.807) is 6.20 Å². The third-order valence-electron chi connectivity index (χ3n) is 4.56. The van der Waals surface area contributed by atoms with Crippen LogP contribution in [0, 0.1) is 6.92 Å². The fraction of sp³-hybridized carbons (Fsp3) is 0.300. The van der Waals surface area contributed by atoms with Gasteiger partial charge in [0.2, 0.25) is 5.89 Å². The van der Waals surface area contributed by atoms with E-state index < -0.39 is 0 Å². The summed E-state index contributed by atoms with van der Waals surface area (Å²) in [6.45, 7) is 3.12. The second kappa shape index (κ2) is 7.92. The van der Waals surface area contributed by atoms with E-state index in [9.17, 15) is 4.79 Å². The number of hydrogen-bond acceptors (Lipinski definition) is 6. The van der Waals surface area contributed by atoms with E-state index in [1.807, 2.05) is 54.3 Å². The van der Waals surface area contributed by atoms with Gasteiger partial charge < -0.3 is 9.42 Å². The number of amides is 1. The van der Waals surface area contributed by atoms with E-state index >= 15 is 0 Å². The second-order valence-corrected chi connectivity index (χ2v) is 7.60. The topological polar surface area (TPSA) is 72.1 Å². The lowest BCUT2D eigenvalue weighted by molar-refractivity contribution is 0.0691. The molecule has 1 aliphatic rings. The molecular formula is C20H20N4O2S. The Kier molecular flexibility index (Phi) is 5.20. The molecule has 0 radical (unpaired) electrons. The highest BCUT2D eigenvalue weighted by Crippen LogP contribution is 2.31. The summed E-state index contributed by atoms with van der Waals surface area (Å²) in [5.74, 6) is 1.34. The minimum absolute atomic E-state index is 0.00229. The molecule has 3 heterocycles. The first-order valence-electron chi connectivity index (χ1n) is 8.98. The first-order valence-corrected chi connectivity index (χ1v) is 9.80. The summed E-state index contributed by atoms with van der Waals surface area (Å²) in [6, 6.07) is 13.6. The van der Waals surface area contributed by atoms with Crippen LogP contribution in [0.4, 0.5) is 0 Å². The lowest BCUT2D eigenvalue weighted by Crippen LogP contribution is -2.39. The molecule has 2 aromatic heterocycles. The maximum absolute atomic E-state index is 13.2. The van der Waals surface area contributed by atoms with Crippen LogP contribution >= 0.6 is 11.8 Å². The van der Waals surface area contributed by atoms with Crippen molar-refractivity contribution in [2.75, 3.05) is 13.1 Å². The van der Waals surface area contributed by atoms with E-state index in [4.69, 9.17) is 4.52 Å². The highest BCUT2D eigenvalue weighted by Gasteiger charge is 2.30. The number of carbonyl (C=O) groups is 1. The quantitative estimate of drug-likeness (QED) is 0.683. The van der Waals surface area contributed by atoms with Crippen LogP contribution < -0.4 is 0 Å². The van der Waals surface area contributed by atoms with Crippen molar-refractivity contribution in [3.8, 4) is 0 Å². The van der Waals surface area contributed by atoms with Crippen LogP contribution in [0.5, 0.6) is 0 Å². The number of pyridine rings is 1. The van der Waals surface area contributed by atoms with Gasteiger partial charge in [0.25, 0.3) is 5.91 Å². The third-order valence-corrected chi connectivity index (χ3v) is 5.59. The highest BCUT2D eigenvalue weighted by atomic mass is 32.2. The zero-order valence-electron chi connectivity index (χ0n) is 15.0. The zero-order valence-corrected chi connectivity index (χ0v) is 15.9. The van der Waals surface area contributed by atoms with Crippen LogP contribution in [0.3, 0.4) is 0 Å². The number of nitrogens with zero attached hydrogens (tertiary/aromatic N) is 4. The Morgan fingerprint density at radius 1 is 1.22 bits per heavy atom. The molecule has 1 amide bonds. The van der Waals surface area contributed by atoms with Gasteiger partial charge in [-0.2, -0.15) is 4.98 Å². The number of benzene rings is 1. The normalized spacial score (nSPS) is 17.1. The number of piperidine rings is 1. The van der Waals surface area contributed by atoms with Crippen molar-refractivity contribution in [1.82, 2.24) is 20.0 Å². The number of rotatable bonds is 4. The lowest BCUT2D eigenvalue weighted by atomic mass is 9.97. The van der Waals surface area contributed by atoms with Gasteiger partial charge in [-0.3, -0.25) is 4.79 Å². The van der Waals surface area contributed by atoms with Crippen molar-refractivity contribution in [2.24, 2.45) is 0 Å². The Hall–Kier alpha value is -2.67. The van der Waals surface area contributed by atoms with Crippen LogP contribution in [-0.2, 0) is 0 Å². The fourth-order valence-corrected chi connectivity index (χ4v) is 4.14. The Morgan fingerprint density at radius 3 is 2.85 bits per heavy atom. The molecule has 1 unspecified atom stereocenters. The van der Waals surface area contributed by atoms with Crippen LogP contribution in [0.1, 0.15) is 40.8 Å². The molecule has 0 spiro atoms. The number of aryl methyl sites for hydroxylation is 1. The van der Waals surface area contributed by atoms with Crippen LogP contribution in [0.2, 0.25) is 0 Å². The van der Waals surface area contributed by atoms with Crippen molar-refractivity contribution in [1.29, 1.82) is 0 Å². The van der Waals surface area contributed by atoms with Crippen LogP contribution in [0.25, 0.3) is 0 Å². The summed E-state index contributed by atoms with van der Waals surface area (Å²) in [6.07, 6.45) is 3.59. The van der Waals surface area contributed by atoms with Gasteiger partial charge in [0.15, 0.2) is 5.82 Å². The van der Waals surface area contributed by atoms with Crippen molar-refractivity contribution in [3.05, 3.63) is 65.9 Å². The maximum Gasteiger partial charge on any atom is 0.256 e. The predicted octanol–water partition coefficient (Wildman–Crippen LogP) is 3.94. The smallest absolute Gasteiger partial charge is 0.256 e. The van der Waals surface area contributed by atoms with E-state index in [0.717, 1.165) is 29.3 Å². The maximum atomic E-state index is 13.2. The Labute approximate surface area is 162 Å². The number of likely N-dealkylation sites (tertiary alicyclic amines) is 1. The van der Waals surface area contributed by atoms with Crippen molar-refractivity contribution in [2.45, 2.75) is 35.6 Å². The van der Waals surface area contributed by atoms with Gasteiger partial charge in [0, 0.05) is 24.2 Å². The molecule has 4 rings (SSSR count).